The molecular formula is C40H68O2. The van der Waals surface area contributed by atoms with Crippen LogP contribution in [0.1, 0.15) is 170 Å². The molecule has 0 aromatic carbocycles. The molecule has 0 heterocycles. The van der Waals surface area contributed by atoms with E-state index in [2.05, 4.69) is 59.8 Å². The van der Waals surface area contributed by atoms with Crippen molar-refractivity contribution in [1.29, 1.82) is 0 Å². The van der Waals surface area contributed by atoms with Gasteiger partial charge < -0.3 is 4.74 Å². The van der Waals surface area contributed by atoms with Crippen LogP contribution in [-0.2, 0) is 9.53 Å². The number of esters is 1. The van der Waals surface area contributed by atoms with Gasteiger partial charge in [0.25, 0.3) is 0 Å². The van der Waals surface area contributed by atoms with Crippen molar-refractivity contribution in [2.24, 2.45) is 46.3 Å². The molecule has 0 aromatic rings. The van der Waals surface area contributed by atoms with E-state index in [0.29, 0.717) is 17.3 Å². The van der Waals surface area contributed by atoms with Crippen LogP contribution >= 0.6 is 0 Å². The van der Waals surface area contributed by atoms with Gasteiger partial charge in [0.1, 0.15) is 6.10 Å². The summed E-state index contributed by atoms with van der Waals surface area (Å²) < 4.78 is 6.09. The number of carbonyl (C=O) groups excluding carboxylic acids is 1. The normalized spacial score (nSPS) is 35.0. The minimum Gasteiger partial charge on any atom is -0.462 e. The fourth-order valence-corrected chi connectivity index (χ4v) is 10.5. The molecule has 0 aromatic heterocycles. The standard InChI is InChI=1S/C40H68O2/c1-7-8-9-10-11-12-13-14-15-16-20-38(41)42-33-25-27-39(5)32(29-33)21-22-34-36-24-23-35(31(4)19-17-18-30(2)3)40(36,6)28-26-37(34)39/h9-10,21,30-31,33-37H,7-8,11-20,22-29H2,1-6H3/b10-9-. The molecule has 240 valence electrons. The lowest BCUT2D eigenvalue weighted by atomic mass is 9.47. The molecule has 2 heteroatoms. The number of hydrogen-bond donors (Lipinski definition) is 0. The predicted molar refractivity (Wildman–Crippen MR) is 179 cm³/mol. The van der Waals surface area contributed by atoms with Crippen LogP contribution in [0.2, 0.25) is 0 Å². The molecule has 0 amide bonds. The highest BCUT2D eigenvalue weighted by molar-refractivity contribution is 5.69. The molecular weight excluding hydrogens is 512 g/mol. The zero-order chi connectivity index (χ0) is 30.2. The molecule has 8 atom stereocenters. The van der Waals surface area contributed by atoms with Crippen LogP contribution in [0, 0.1) is 46.3 Å². The van der Waals surface area contributed by atoms with Gasteiger partial charge in [-0.05, 0) is 117 Å². The van der Waals surface area contributed by atoms with Crippen LogP contribution in [0.3, 0.4) is 0 Å². The summed E-state index contributed by atoms with van der Waals surface area (Å²) in [7, 11) is 0. The fraction of sp³-hybridized carbons (Fsp3) is 0.875. The van der Waals surface area contributed by atoms with Gasteiger partial charge in [0, 0.05) is 12.8 Å². The van der Waals surface area contributed by atoms with E-state index in [0.717, 1.165) is 61.2 Å². The second-order valence-corrected chi connectivity index (χ2v) is 16.2. The first kappa shape index (κ1) is 33.8. The van der Waals surface area contributed by atoms with Crippen molar-refractivity contribution in [3.63, 3.8) is 0 Å². The Morgan fingerprint density at radius 3 is 2.45 bits per heavy atom. The van der Waals surface area contributed by atoms with Gasteiger partial charge in [-0.25, -0.2) is 0 Å². The monoisotopic (exact) mass is 581 g/mol. The lowest BCUT2D eigenvalue weighted by molar-refractivity contribution is -0.151. The second kappa shape index (κ2) is 15.8. The SMILES string of the molecule is CCC/C=C\CCCCCCCC(=O)OC1CCC2(C)C(=CCC3C2CCC2(C)C(C(C)CCCC(C)C)CCC32)C1. The molecule has 0 aliphatic heterocycles. The number of carbonyl (C=O) groups is 1. The maximum atomic E-state index is 12.7. The van der Waals surface area contributed by atoms with E-state index >= 15 is 0 Å². The summed E-state index contributed by atoms with van der Waals surface area (Å²) in [6, 6.07) is 0. The van der Waals surface area contributed by atoms with Gasteiger partial charge in [-0.15, -0.1) is 0 Å². The smallest absolute Gasteiger partial charge is 0.306 e. The van der Waals surface area contributed by atoms with Crippen LogP contribution < -0.4 is 0 Å². The third-order valence-electron chi connectivity index (χ3n) is 12.9. The molecule has 8 unspecified atom stereocenters. The maximum Gasteiger partial charge on any atom is 0.306 e. The third-order valence-corrected chi connectivity index (χ3v) is 12.9. The Hall–Kier alpha value is -1.05. The van der Waals surface area contributed by atoms with Gasteiger partial charge in [-0.1, -0.05) is 110 Å². The largest absolute Gasteiger partial charge is 0.462 e. The summed E-state index contributed by atoms with van der Waals surface area (Å²) in [5, 5.41) is 0. The van der Waals surface area contributed by atoms with Gasteiger partial charge in [0.2, 0.25) is 0 Å². The van der Waals surface area contributed by atoms with Crippen LogP contribution in [0.25, 0.3) is 0 Å². The van der Waals surface area contributed by atoms with Crippen molar-refractivity contribution >= 4 is 5.97 Å². The molecule has 0 radical (unpaired) electrons. The van der Waals surface area contributed by atoms with E-state index in [4.69, 9.17) is 4.74 Å². The molecule has 4 aliphatic carbocycles. The molecule has 3 fully saturated rings. The Morgan fingerprint density at radius 1 is 0.905 bits per heavy atom. The molecule has 4 aliphatic rings. The van der Waals surface area contributed by atoms with E-state index < -0.39 is 0 Å². The van der Waals surface area contributed by atoms with Crippen LogP contribution in [0.4, 0.5) is 0 Å². The average Bonchev–Trinajstić information content (AvgIpc) is 3.31. The average molecular weight is 581 g/mol. The summed E-state index contributed by atoms with van der Waals surface area (Å²) in [6.07, 6.45) is 32.2. The Labute approximate surface area is 261 Å². The van der Waals surface area contributed by atoms with Crippen molar-refractivity contribution in [3.05, 3.63) is 23.8 Å². The molecule has 0 spiro atoms. The zero-order valence-corrected chi connectivity index (χ0v) is 28.7. The molecule has 3 saturated carbocycles. The zero-order valence-electron chi connectivity index (χ0n) is 28.7. The van der Waals surface area contributed by atoms with Crippen molar-refractivity contribution in [3.8, 4) is 0 Å². The Bertz CT molecular complexity index is 899. The van der Waals surface area contributed by atoms with Gasteiger partial charge in [-0.2, -0.15) is 0 Å². The van der Waals surface area contributed by atoms with E-state index in [1.54, 1.807) is 5.57 Å². The minimum atomic E-state index is 0.0494. The summed E-state index contributed by atoms with van der Waals surface area (Å²) in [6.45, 7) is 14.9. The molecule has 0 saturated heterocycles. The Balaban J connectivity index is 1.22. The predicted octanol–water partition coefficient (Wildman–Crippen LogP) is 12.0. The van der Waals surface area contributed by atoms with Crippen molar-refractivity contribution < 1.29 is 9.53 Å². The van der Waals surface area contributed by atoms with Crippen LogP contribution in [0.5, 0.6) is 0 Å². The summed E-state index contributed by atoms with van der Waals surface area (Å²) >= 11 is 0. The molecule has 2 nitrogen and oxygen atoms in total. The third kappa shape index (κ3) is 8.15. The minimum absolute atomic E-state index is 0.0494. The van der Waals surface area contributed by atoms with Gasteiger partial charge in [-0.3, -0.25) is 4.79 Å². The first-order valence-corrected chi connectivity index (χ1v) is 18.7. The lowest BCUT2D eigenvalue weighted by Gasteiger charge is -2.58. The summed E-state index contributed by atoms with van der Waals surface area (Å²) in [5.41, 5.74) is 2.53. The quantitative estimate of drug-likeness (QED) is 0.103. The van der Waals surface area contributed by atoms with Crippen LogP contribution in [-0.4, -0.2) is 12.1 Å². The molecule has 42 heavy (non-hydrogen) atoms. The molecule has 0 bridgehead atoms. The maximum absolute atomic E-state index is 12.7. The highest BCUT2D eigenvalue weighted by Gasteiger charge is 2.59. The highest BCUT2D eigenvalue weighted by Crippen LogP contribution is 2.67. The number of ether oxygens (including phenoxy) is 1. The van der Waals surface area contributed by atoms with E-state index in [1.807, 2.05) is 0 Å². The molecule has 4 rings (SSSR count). The Kier molecular flexibility index (Phi) is 12.7. The number of hydrogen-bond acceptors (Lipinski definition) is 2. The fourth-order valence-electron chi connectivity index (χ4n) is 10.5. The van der Waals surface area contributed by atoms with Crippen molar-refractivity contribution in [2.75, 3.05) is 0 Å². The second-order valence-electron chi connectivity index (χ2n) is 16.2. The first-order valence-electron chi connectivity index (χ1n) is 18.7. The number of unbranched alkanes of at least 4 members (excludes halogenated alkanes) is 6. The van der Waals surface area contributed by atoms with Gasteiger partial charge in [0.15, 0.2) is 0 Å². The topological polar surface area (TPSA) is 26.3 Å². The summed E-state index contributed by atoms with van der Waals surface area (Å²) in [5.74, 6) is 5.32. The number of allylic oxidation sites excluding steroid dienone is 3. The lowest BCUT2D eigenvalue weighted by Crippen LogP contribution is -2.51. The van der Waals surface area contributed by atoms with Gasteiger partial charge in [0.05, 0.1) is 0 Å². The van der Waals surface area contributed by atoms with E-state index in [-0.39, 0.29) is 12.1 Å². The van der Waals surface area contributed by atoms with E-state index in [1.165, 1.54) is 96.3 Å². The molecule has 0 N–H and O–H groups in total. The number of fused-ring (bicyclic) bond motifs is 5. The first-order chi connectivity index (χ1) is 20.2. The van der Waals surface area contributed by atoms with Crippen LogP contribution in [0.15, 0.2) is 23.8 Å². The summed E-state index contributed by atoms with van der Waals surface area (Å²) in [4.78, 5) is 12.7. The van der Waals surface area contributed by atoms with Crippen molar-refractivity contribution in [2.45, 2.75) is 176 Å². The van der Waals surface area contributed by atoms with Crippen molar-refractivity contribution in [1.82, 2.24) is 0 Å². The highest BCUT2D eigenvalue weighted by atomic mass is 16.5. The Morgan fingerprint density at radius 2 is 1.67 bits per heavy atom. The van der Waals surface area contributed by atoms with E-state index in [9.17, 15) is 4.79 Å². The number of rotatable bonds is 16. The van der Waals surface area contributed by atoms with Gasteiger partial charge >= 0.3 is 5.97 Å².